The second kappa shape index (κ2) is 9.66. The van der Waals surface area contributed by atoms with Crippen molar-refractivity contribution in [3.8, 4) is 11.5 Å². The number of aliphatic hydroxyl groups is 1. The van der Waals surface area contributed by atoms with Crippen LogP contribution in [0, 0.1) is 0 Å². The van der Waals surface area contributed by atoms with Gasteiger partial charge in [-0.25, -0.2) is 0 Å². The molecule has 0 aliphatic carbocycles. The molecule has 2 N–H and O–H groups in total. The molecule has 1 aliphatic rings. The number of carbonyl (C=O) groups is 2. The van der Waals surface area contributed by atoms with Crippen LogP contribution in [0.4, 0.5) is 0 Å². The third-order valence-corrected chi connectivity index (χ3v) is 5.26. The zero-order valence-corrected chi connectivity index (χ0v) is 18.3. The Morgan fingerprint density at radius 2 is 1.65 bits per heavy atom. The fourth-order valence-corrected chi connectivity index (χ4v) is 3.62. The number of rotatable bonds is 8. The van der Waals surface area contributed by atoms with E-state index in [1.807, 2.05) is 45.3 Å². The number of likely N-dealkylation sites (N-methyl/N-ethyl adjacent to an activating group) is 1. The minimum Gasteiger partial charge on any atom is -0.507 e. The van der Waals surface area contributed by atoms with Gasteiger partial charge in [-0.1, -0.05) is 12.1 Å². The molecule has 0 unspecified atom stereocenters. The number of amides is 1. The van der Waals surface area contributed by atoms with E-state index >= 15 is 0 Å². The summed E-state index contributed by atoms with van der Waals surface area (Å²) < 4.78 is 10.7. The summed E-state index contributed by atoms with van der Waals surface area (Å²) in [7, 11) is 5.53. The summed E-state index contributed by atoms with van der Waals surface area (Å²) in [5.41, 5.74) is 1.28. The minimum absolute atomic E-state index is 0.0908. The van der Waals surface area contributed by atoms with Crippen LogP contribution in [0.25, 0.3) is 5.76 Å². The molecule has 0 aromatic heterocycles. The summed E-state index contributed by atoms with van der Waals surface area (Å²) in [6, 6.07) is 13.3. The predicted molar refractivity (Wildman–Crippen MR) is 117 cm³/mol. The van der Waals surface area contributed by atoms with Gasteiger partial charge in [0, 0.05) is 5.56 Å². The Labute approximate surface area is 182 Å². The normalized spacial score (nSPS) is 18.0. The fraction of sp³-hybridized carbons (Fsp3) is 0.333. The number of carbonyl (C=O) groups excluding carboxylic acids is 2. The number of Topliss-reactive ketones (excluding diaryl/α,β-unsaturated/α-hetero) is 1. The highest BCUT2D eigenvalue weighted by Gasteiger charge is 2.46. The number of likely N-dealkylation sites (tertiary alicyclic amines) is 1. The van der Waals surface area contributed by atoms with Gasteiger partial charge in [-0.3, -0.25) is 9.59 Å². The summed E-state index contributed by atoms with van der Waals surface area (Å²) in [6.45, 7) is 3.51. The van der Waals surface area contributed by atoms with Gasteiger partial charge in [0.15, 0.2) is 0 Å². The van der Waals surface area contributed by atoms with E-state index < -0.39 is 17.7 Å². The molecular weight excluding hydrogens is 396 g/mol. The van der Waals surface area contributed by atoms with Crippen LogP contribution in [0.15, 0.2) is 54.1 Å². The van der Waals surface area contributed by atoms with Gasteiger partial charge in [0.2, 0.25) is 0 Å². The van der Waals surface area contributed by atoms with Crippen molar-refractivity contribution in [1.82, 2.24) is 4.90 Å². The highest BCUT2D eigenvalue weighted by molar-refractivity contribution is 6.46. The van der Waals surface area contributed by atoms with Crippen LogP contribution in [0.1, 0.15) is 24.1 Å². The molecule has 31 heavy (non-hydrogen) atoms. The molecule has 1 amide bonds. The van der Waals surface area contributed by atoms with Crippen molar-refractivity contribution in [3.05, 3.63) is 65.2 Å². The molecule has 0 bridgehead atoms. The van der Waals surface area contributed by atoms with Crippen LogP contribution in [0.2, 0.25) is 0 Å². The monoisotopic (exact) mass is 425 g/mol. The number of ether oxygens (including phenoxy) is 2. The Morgan fingerprint density at radius 3 is 2.19 bits per heavy atom. The highest BCUT2D eigenvalue weighted by Crippen LogP contribution is 2.39. The Balaban J connectivity index is 2.09. The summed E-state index contributed by atoms with van der Waals surface area (Å²) in [6.07, 6.45) is 0. The maximum Gasteiger partial charge on any atom is 0.295 e. The molecule has 1 aliphatic heterocycles. The van der Waals surface area contributed by atoms with Gasteiger partial charge in [-0.05, 0) is 48.9 Å². The largest absolute Gasteiger partial charge is 0.507 e. The Bertz CT molecular complexity index is 964. The zero-order valence-electron chi connectivity index (χ0n) is 18.3. The number of aliphatic hydroxyl groups excluding tert-OH is 1. The summed E-state index contributed by atoms with van der Waals surface area (Å²) in [5.74, 6) is -0.138. The summed E-state index contributed by atoms with van der Waals surface area (Å²) in [5, 5.41) is 11.0. The van der Waals surface area contributed by atoms with Gasteiger partial charge in [0.1, 0.15) is 17.3 Å². The Hall–Kier alpha value is -3.32. The average molecular weight is 426 g/mol. The lowest BCUT2D eigenvalue weighted by molar-refractivity contribution is -0.857. The lowest BCUT2D eigenvalue weighted by Crippen LogP contribution is -3.06. The molecule has 3 rings (SSSR count). The number of hydrogen-bond donors (Lipinski definition) is 2. The fourth-order valence-electron chi connectivity index (χ4n) is 3.62. The summed E-state index contributed by atoms with van der Waals surface area (Å²) >= 11 is 0. The van der Waals surface area contributed by atoms with Crippen molar-refractivity contribution in [3.63, 3.8) is 0 Å². The van der Waals surface area contributed by atoms with E-state index in [9.17, 15) is 14.7 Å². The first-order chi connectivity index (χ1) is 14.9. The van der Waals surface area contributed by atoms with Crippen LogP contribution in [0.5, 0.6) is 11.5 Å². The standard InChI is InChI=1S/C24H28N2O5/c1-5-31-19-12-6-16(7-13-19)21-20(22(27)17-8-10-18(30-4)11-9-17)23(28)24(29)26(21)15-14-25(2)3/h6-13,21,27H,5,14-15H2,1-4H3/p+1/t21-/m1/s1. The SMILES string of the molecule is CCOc1ccc([C@@H]2C(=C(O)c3ccc(OC)cc3)C(=O)C(=O)N2CC[NH+](C)C)cc1. The number of benzene rings is 2. The summed E-state index contributed by atoms with van der Waals surface area (Å²) in [4.78, 5) is 28.6. The van der Waals surface area contributed by atoms with Gasteiger partial charge >= 0.3 is 0 Å². The van der Waals surface area contributed by atoms with E-state index in [-0.39, 0.29) is 11.3 Å². The smallest absolute Gasteiger partial charge is 0.295 e. The quantitative estimate of drug-likeness (QED) is 0.382. The van der Waals surface area contributed by atoms with Crippen molar-refractivity contribution in [2.24, 2.45) is 0 Å². The van der Waals surface area contributed by atoms with Gasteiger partial charge in [0.25, 0.3) is 11.7 Å². The molecule has 0 spiro atoms. The third kappa shape index (κ3) is 4.72. The lowest BCUT2D eigenvalue weighted by atomic mass is 9.95. The van der Waals surface area contributed by atoms with Crippen molar-refractivity contribution in [2.45, 2.75) is 13.0 Å². The zero-order chi connectivity index (χ0) is 22.5. The molecule has 7 nitrogen and oxygen atoms in total. The van der Waals surface area contributed by atoms with Crippen molar-refractivity contribution >= 4 is 17.4 Å². The number of methoxy groups -OCH3 is 1. The molecule has 1 saturated heterocycles. The van der Waals surface area contributed by atoms with Crippen LogP contribution in [-0.2, 0) is 9.59 Å². The molecule has 164 valence electrons. The molecule has 1 atom stereocenters. The Morgan fingerprint density at radius 1 is 1.03 bits per heavy atom. The van der Waals surface area contributed by atoms with Gasteiger partial charge in [-0.15, -0.1) is 0 Å². The minimum atomic E-state index is -0.680. The van der Waals surface area contributed by atoms with E-state index in [0.717, 1.165) is 10.5 Å². The van der Waals surface area contributed by atoms with E-state index in [1.165, 1.54) is 0 Å². The number of hydrogen-bond acceptors (Lipinski definition) is 5. The first kappa shape index (κ1) is 22.4. The Kier molecular flexibility index (Phi) is 6.97. The maximum atomic E-state index is 13.0. The molecule has 0 saturated carbocycles. The molecule has 2 aromatic rings. The highest BCUT2D eigenvalue weighted by atomic mass is 16.5. The lowest BCUT2D eigenvalue weighted by Gasteiger charge is -2.25. The molecule has 0 radical (unpaired) electrons. The van der Waals surface area contributed by atoms with E-state index in [1.54, 1.807) is 36.3 Å². The van der Waals surface area contributed by atoms with E-state index in [4.69, 9.17) is 9.47 Å². The van der Waals surface area contributed by atoms with Gasteiger partial charge in [-0.2, -0.15) is 0 Å². The van der Waals surface area contributed by atoms with Crippen LogP contribution in [-0.4, -0.2) is 62.6 Å². The number of ketones is 1. The second-order valence-electron chi connectivity index (χ2n) is 7.68. The first-order valence-corrected chi connectivity index (χ1v) is 10.3. The van der Waals surface area contributed by atoms with Crippen LogP contribution in [0.3, 0.4) is 0 Å². The van der Waals surface area contributed by atoms with Crippen LogP contribution < -0.4 is 14.4 Å². The molecule has 2 aromatic carbocycles. The van der Waals surface area contributed by atoms with E-state index in [2.05, 4.69) is 0 Å². The molecular formula is C24H29N2O5+. The van der Waals surface area contributed by atoms with Gasteiger partial charge in [0.05, 0.1) is 52.5 Å². The van der Waals surface area contributed by atoms with Gasteiger partial charge < -0.3 is 24.4 Å². The number of quaternary nitrogens is 1. The predicted octanol–water partition coefficient (Wildman–Crippen LogP) is 1.66. The molecule has 1 heterocycles. The average Bonchev–Trinajstić information content (AvgIpc) is 3.02. The maximum absolute atomic E-state index is 13.0. The number of nitrogens with one attached hydrogen (secondary N) is 1. The first-order valence-electron chi connectivity index (χ1n) is 10.3. The van der Waals surface area contributed by atoms with Crippen molar-refractivity contribution in [2.75, 3.05) is 40.9 Å². The van der Waals surface area contributed by atoms with Crippen molar-refractivity contribution in [1.29, 1.82) is 0 Å². The molecule has 7 heteroatoms. The second-order valence-corrected chi connectivity index (χ2v) is 7.68. The molecule has 1 fully saturated rings. The van der Waals surface area contributed by atoms with Crippen LogP contribution >= 0.6 is 0 Å². The number of nitrogens with zero attached hydrogens (tertiary/aromatic N) is 1. The van der Waals surface area contributed by atoms with Crippen molar-refractivity contribution < 1.29 is 29.1 Å². The van der Waals surface area contributed by atoms with E-state index in [0.29, 0.717) is 36.8 Å². The topological polar surface area (TPSA) is 80.5 Å². The third-order valence-electron chi connectivity index (χ3n) is 5.26.